The van der Waals surface area contributed by atoms with E-state index in [0.29, 0.717) is 5.92 Å². The molecule has 1 saturated carbocycles. The van der Waals surface area contributed by atoms with Crippen molar-refractivity contribution >= 4 is 0 Å². The maximum absolute atomic E-state index is 11.2. The van der Waals surface area contributed by atoms with Gasteiger partial charge in [-0.15, -0.1) is 0 Å². The van der Waals surface area contributed by atoms with E-state index in [0.717, 1.165) is 25.8 Å². The molecule has 2 heteroatoms. The molecule has 0 bridgehead atoms. The Morgan fingerprint density at radius 3 is 2.18 bits per heavy atom. The van der Waals surface area contributed by atoms with E-state index < -0.39 is 5.60 Å². The molecule has 1 aromatic carbocycles. The number of likely N-dealkylation sites (tertiary alicyclic amines) is 1. The van der Waals surface area contributed by atoms with Crippen molar-refractivity contribution in [1.82, 2.24) is 4.90 Å². The van der Waals surface area contributed by atoms with Crippen LogP contribution in [0.5, 0.6) is 0 Å². The first-order valence-electron chi connectivity index (χ1n) is 9.28. The minimum absolute atomic E-state index is 0.305. The lowest BCUT2D eigenvalue weighted by Gasteiger charge is -2.35. The summed E-state index contributed by atoms with van der Waals surface area (Å²) in [5.41, 5.74) is 0.870. The largest absolute Gasteiger partial charge is 0.389 e. The van der Waals surface area contributed by atoms with Gasteiger partial charge in [-0.2, -0.15) is 0 Å². The first kappa shape index (κ1) is 16.0. The molecule has 0 spiro atoms. The Balaban J connectivity index is 1.68. The summed E-state index contributed by atoms with van der Waals surface area (Å²) in [6.07, 6.45) is 10.9. The molecule has 2 nitrogen and oxygen atoms in total. The van der Waals surface area contributed by atoms with Crippen LogP contribution in [0.1, 0.15) is 69.3 Å². The van der Waals surface area contributed by atoms with Gasteiger partial charge in [0.25, 0.3) is 0 Å². The molecule has 1 heterocycles. The smallest absolute Gasteiger partial charge is 0.0716 e. The maximum atomic E-state index is 11.2. The van der Waals surface area contributed by atoms with Crippen LogP contribution in [0, 0.1) is 0 Å². The van der Waals surface area contributed by atoms with Crippen molar-refractivity contribution in [2.75, 3.05) is 19.6 Å². The lowest BCUT2D eigenvalue weighted by molar-refractivity contribution is 0.0126. The van der Waals surface area contributed by atoms with Crippen molar-refractivity contribution in [3.63, 3.8) is 0 Å². The van der Waals surface area contributed by atoms with Gasteiger partial charge in [0.05, 0.1) is 5.60 Å². The van der Waals surface area contributed by atoms with Crippen LogP contribution in [0.25, 0.3) is 0 Å². The molecular formula is C20H31NO. The zero-order chi connectivity index (χ0) is 15.3. The van der Waals surface area contributed by atoms with Crippen LogP contribution in [0.4, 0.5) is 0 Å². The van der Waals surface area contributed by atoms with Crippen molar-refractivity contribution < 1.29 is 5.11 Å². The molecule has 3 rings (SSSR count). The molecule has 0 radical (unpaired) electrons. The number of benzene rings is 1. The minimum atomic E-state index is -0.465. The lowest BCUT2D eigenvalue weighted by atomic mass is 9.78. The molecule has 1 aliphatic heterocycles. The van der Waals surface area contributed by atoms with Gasteiger partial charge in [-0.25, -0.2) is 0 Å². The van der Waals surface area contributed by atoms with Gasteiger partial charge in [-0.05, 0) is 57.3 Å². The van der Waals surface area contributed by atoms with Gasteiger partial charge in [-0.3, -0.25) is 0 Å². The molecular weight excluding hydrogens is 270 g/mol. The summed E-state index contributed by atoms with van der Waals surface area (Å²) in [6, 6.07) is 10.7. The van der Waals surface area contributed by atoms with Crippen LogP contribution in [-0.4, -0.2) is 35.2 Å². The van der Waals surface area contributed by atoms with Crippen molar-refractivity contribution in [3.8, 4) is 0 Å². The fraction of sp³-hybridized carbons (Fsp3) is 0.700. The number of rotatable bonds is 5. The van der Waals surface area contributed by atoms with E-state index in [1.54, 1.807) is 0 Å². The standard InChI is InChI=1S/C20H31NO/c22-20(13-6-7-14-20)19(18-10-4-3-5-11-18)12-17-21-15-8-1-2-9-16-21/h3-5,10-11,19,22H,1-2,6-9,12-17H2. The van der Waals surface area contributed by atoms with Gasteiger partial charge in [0.1, 0.15) is 0 Å². The monoisotopic (exact) mass is 301 g/mol. The molecule has 1 saturated heterocycles. The Morgan fingerprint density at radius 2 is 1.55 bits per heavy atom. The van der Waals surface area contributed by atoms with E-state index in [4.69, 9.17) is 0 Å². The first-order chi connectivity index (χ1) is 10.8. The van der Waals surface area contributed by atoms with Crippen LogP contribution in [0.15, 0.2) is 30.3 Å². The molecule has 22 heavy (non-hydrogen) atoms. The molecule has 1 atom stereocenters. The van der Waals surface area contributed by atoms with E-state index in [-0.39, 0.29) is 0 Å². The van der Waals surface area contributed by atoms with Crippen LogP contribution in [0.2, 0.25) is 0 Å². The number of hydrogen-bond donors (Lipinski definition) is 1. The SMILES string of the molecule is OC1(C(CCN2CCCCCC2)c2ccccc2)CCCC1. The van der Waals surface area contributed by atoms with E-state index in [2.05, 4.69) is 35.2 Å². The van der Waals surface area contributed by atoms with Gasteiger partial charge in [0.15, 0.2) is 0 Å². The number of nitrogens with zero attached hydrogens (tertiary/aromatic N) is 1. The quantitative estimate of drug-likeness (QED) is 0.874. The lowest BCUT2D eigenvalue weighted by Crippen LogP contribution is -2.36. The van der Waals surface area contributed by atoms with Crippen LogP contribution in [-0.2, 0) is 0 Å². The summed E-state index contributed by atoms with van der Waals surface area (Å²) in [5, 5.41) is 11.2. The second-order valence-corrected chi connectivity index (χ2v) is 7.32. The summed E-state index contributed by atoms with van der Waals surface area (Å²) < 4.78 is 0. The van der Waals surface area contributed by atoms with Gasteiger partial charge in [0.2, 0.25) is 0 Å². The number of aliphatic hydroxyl groups is 1. The van der Waals surface area contributed by atoms with E-state index in [1.807, 2.05) is 0 Å². The highest BCUT2D eigenvalue weighted by molar-refractivity contribution is 5.23. The molecule has 1 aliphatic carbocycles. The number of hydrogen-bond acceptors (Lipinski definition) is 2. The Kier molecular flexibility index (Phi) is 5.54. The summed E-state index contributed by atoms with van der Waals surface area (Å²) in [5.74, 6) is 0.305. The zero-order valence-corrected chi connectivity index (χ0v) is 13.8. The Hall–Kier alpha value is -0.860. The second-order valence-electron chi connectivity index (χ2n) is 7.32. The summed E-state index contributed by atoms with van der Waals surface area (Å²) in [7, 11) is 0. The summed E-state index contributed by atoms with van der Waals surface area (Å²) >= 11 is 0. The Morgan fingerprint density at radius 1 is 0.909 bits per heavy atom. The van der Waals surface area contributed by atoms with Gasteiger partial charge in [0, 0.05) is 5.92 Å². The first-order valence-corrected chi connectivity index (χ1v) is 9.28. The average Bonchev–Trinajstić information content (AvgIpc) is 2.83. The predicted molar refractivity (Wildman–Crippen MR) is 92.1 cm³/mol. The second kappa shape index (κ2) is 7.61. The highest BCUT2D eigenvalue weighted by Crippen LogP contribution is 2.43. The fourth-order valence-electron chi connectivity index (χ4n) is 4.44. The van der Waals surface area contributed by atoms with Gasteiger partial charge >= 0.3 is 0 Å². The summed E-state index contributed by atoms with van der Waals surface area (Å²) in [4.78, 5) is 2.63. The normalized spacial score (nSPS) is 24.0. The molecule has 0 aromatic heterocycles. The topological polar surface area (TPSA) is 23.5 Å². The highest BCUT2D eigenvalue weighted by atomic mass is 16.3. The molecule has 0 amide bonds. The molecule has 2 aliphatic rings. The third-order valence-corrected chi connectivity index (χ3v) is 5.75. The third-order valence-electron chi connectivity index (χ3n) is 5.75. The molecule has 1 aromatic rings. The highest BCUT2D eigenvalue weighted by Gasteiger charge is 2.39. The van der Waals surface area contributed by atoms with Crippen molar-refractivity contribution in [2.45, 2.75) is 69.3 Å². The van der Waals surface area contributed by atoms with Gasteiger partial charge in [-0.1, -0.05) is 56.0 Å². The van der Waals surface area contributed by atoms with E-state index in [9.17, 15) is 5.11 Å². The van der Waals surface area contributed by atoms with Crippen molar-refractivity contribution in [1.29, 1.82) is 0 Å². The van der Waals surface area contributed by atoms with E-state index in [1.165, 1.54) is 57.2 Å². The fourth-order valence-corrected chi connectivity index (χ4v) is 4.44. The molecule has 2 fully saturated rings. The van der Waals surface area contributed by atoms with Crippen molar-refractivity contribution in [2.24, 2.45) is 0 Å². The molecule has 122 valence electrons. The van der Waals surface area contributed by atoms with Crippen molar-refractivity contribution in [3.05, 3.63) is 35.9 Å². The maximum Gasteiger partial charge on any atom is 0.0716 e. The van der Waals surface area contributed by atoms with Crippen LogP contribution in [0.3, 0.4) is 0 Å². The van der Waals surface area contributed by atoms with Crippen LogP contribution < -0.4 is 0 Å². The zero-order valence-electron chi connectivity index (χ0n) is 13.8. The average molecular weight is 301 g/mol. The summed E-state index contributed by atoms with van der Waals surface area (Å²) in [6.45, 7) is 3.64. The molecule has 1 unspecified atom stereocenters. The Labute approximate surface area is 135 Å². The molecule has 1 N–H and O–H groups in total. The Bertz CT molecular complexity index is 430. The van der Waals surface area contributed by atoms with Crippen LogP contribution >= 0.6 is 0 Å². The minimum Gasteiger partial charge on any atom is -0.389 e. The van der Waals surface area contributed by atoms with E-state index >= 15 is 0 Å². The third kappa shape index (κ3) is 3.91. The predicted octanol–water partition coefficient (Wildman–Crippen LogP) is 4.34. The van der Waals surface area contributed by atoms with Gasteiger partial charge < -0.3 is 10.0 Å².